The van der Waals surface area contributed by atoms with Gasteiger partial charge < -0.3 is 24.3 Å². The van der Waals surface area contributed by atoms with Crippen molar-refractivity contribution in [1.29, 1.82) is 0 Å². The van der Waals surface area contributed by atoms with E-state index in [0.717, 1.165) is 16.6 Å². The molecule has 0 aliphatic heterocycles. The zero-order valence-corrected chi connectivity index (χ0v) is 15.0. The number of nitrogens with one attached hydrogen (secondary N) is 1. The standard InChI is InChI=1S/C20H21NO5/c1-4-25-17-8-5-14(10-18(17)24-3)21-11-13-9-19(23)26-20-12(2)16(22)7-6-15(13)20/h5-10,21-22H,4,11H2,1-3H3. The highest BCUT2D eigenvalue weighted by Crippen LogP contribution is 2.31. The Bertz CT molecular complexity index is 993. The quantitative estimate of drug-likeness (QED) is 0.654. The summed E-state index contributed by atoms with van der Waals surface area (Å²) in [6.45, 7) is 4.61. The van der Waals surface area contributed by atoms with E-state index in [1.165, 1.54) is 6.07 Å². The third-order valence-corrected chi connectivity index (χ3v) is 4.16. The third kappa shape index (κ3) is 3.44. The molecular weight excluding hydrogens is 334 g/mol. The fourth-order valence-corrected chi connectivity index (χ4v) is 2.81. The van der Waals surface area contributed by atoms with Gasteiger partial charge in [0.1, 0.15) is 11.3 Å². The number of fused-ring (bicyclic) bond motifs is 1. The summed E-state index contributed by atoms with van der Waals surface area (Å²) < 4.78 is 16.1. The maximum absolute atomic E-state index is 11.9. The Morgan fingerprint density at radius 1 is 1.15 bits per heavy atom. The van der Waals surface area contributed by atoms with Crippen molar-refractivity contribution in [2.75, 3.05) is 19.0 Å². The van der Waals surface area contributed by atoms with Gasteiger partial charge in [0.15, 0.2) is 11.5 Å². The Labute approximate surface area is 151 Å². The number of aromatic hydroxyl groups is 1. The van der Waals surface area contributed by atoms with Crippen LogP contribution < -0.4 is 20.4 Å². The van der Waals surface area contributed by atoms with Crippen molar-refractivity contribution in [3.63, 3.8) is 0 Å². The molecule has 0 spiro atoms. The van der Waals surface area contributed by atoms with E-state index in [2.05, 4.69) is 5.32 Å². The van der Waals surface area contributed by atoms with Gasteiger partial charge in [-0.15, -0.1) is 0 Å². The second-order valence-corrected chi connectivity index (χ2v) is 5.83. The molecule has 0 saturated heterocycles. The van der Waals surface area contributed by atoms with E-state index >= 15 is 0 Å². The molecule has 0 aliphatic carbocycles. The van der Waals surface area contributed by atoms with Gasteiger partial charge in [-0.1, -0.05) is 0 Å². The molecule has 26 heavy (non-hydrogen) atoms. The third-order valence-electron chi connectivity index (χ3n) is 4.16. The summed E-state index contributed by atoms with van der Waals surface area (Å²) >= 11 is 0. The van der Waals surface area contributed by atoms with Crippen LogP contribution in [-0.2, 0) is 6.54 Å². The average Bonchev–Trinajstić information content (AvgIpc) is 2.64. The maximum atomic E-state index is 11.9. The molecule has 3 aromatic rings. The van der Waals surface area contributed by atoms with Gasteiger partial charge in [-0.2, -0.15) is 0 Å². The van der Waals surface area contributed by atoms with Crippen molar-refractivity contribution in [2.24, 2.45) is 0 Å². The fourth-order valence-electron chi connectivity index (χ4n) is 2.81. The number of phenols is 1. The lowest BCUT2D eigenvalue weighted by Crippen LogP contribution is -2.06. The number of phenolic OH excluding ortho intramolecular Hbond substituents is 1. The molecule has 6 nitrogen and oxygen atoms in total. The van der Waals surface area contributed by atoms with Crippen molar-refractivity contribution in [2.45, 2.75) is 20.4 Å². The first kappa shape index (κ1) is 17.7. The molecule has 0 aliphatic rings. The van der Waals surface area contributed by atoms with Crippen LogP contribution in [0.15, 0.2) is 45.6 Å². The Morgan fingerprint density at radius 3 is 2.69 bits per heavy atom. The predicted octanol–water partition coefficient (Wildman–Crippen LogP) is 3.83. The van der Waals surface area contributed by atoms with Crippen LogP contribution in [0.25, 0.3) is 11.0 Å². The molecule has 0 unspecified atom stereocenters. The largest absolute Gasteiger partial charge is 0.508 e. The highest BCUT2D eigenvalue weighted by Gasteiger charge is 2.11. The van der Waals surface area contributed by atoms with Crippen LogP contribution in [0, 0.1) is 6.92 Å². The second kappa shape index (κ2) is 7.39. The van der Waals surface area contributed by atoms with Gasteiger partial charge >= 0.3 is 5.63 Å². The summed E-state index contributed by atoms with van der Waals surface area (Å²) in [7, 11) is 1.59. The number of hydrogen-bond donors (Lipinski definition) is 2. The van der Waals surface area contributed by atoms with Gasteiger partial charge in [0.05, 0.1) is 13.7 Å². The highest BCUT2D eigenvalue weighted by atomic mass is 16.5. The zero-order chi connectivity index (χ0) is 18.7. The molecule has 136 valence electrons. The molecule has 6 heteroatoms. The van der Waals surface area contributed by atoms with E-state index in [1.807, 2.05) is 25.1 Å². The number of rotatable bonds is 6. The number of aryl methyl sites for hydroxylation is 1. The van der Waals surface area contributed by atoms with Gasteiger partial charge in [-0.25, -0.2) is 4.79 Å². The van der Waals surface area contributed by atoms with E-state index < -0.39 is 5.63 Å². The van der Waals surface area contributed by atoms with Crippen LogP contribution in [0.5, 0.6) is 17.2 Å². The number of ether oxygens (including phenoxy) is 2. The molecule has 0 fully saturated rings. The van der Waals surface area contributed by atoms with Crippen molar-refractivity contribution in [1.82, 2.24) is 0 Å². The first-order chi connectivity index (χ1) is 12.5. The SMILES string of the molecule is CCOc1ccc(NCc2cc(=O)oc3c(C)c(O)ccc23)cc1OC. The normalized spacial score (nSPS) is 10.7. The van der Waals surface area contributed by atoms with Crippen molar-refractivity contribution in [3.8, 4) is 17.2 Å². The van der Waals surface area contributed by atoms with E-state index in [0.29, 0.717) is 35.8 Å². The smallest absolute Gasteiger partial charge is 0.336 e. The van der Waals surface area contributed by atoms with Crippen LogP contribution in [0.2, 0.25) is 0 Å². The number of anilines is 1. The van der Waals surface area contributed by atoms with Gasteiger partial charge in [-0.3, -0.25) is 0 Å². The lowest BCUT2D eigenvalue weighted by atomic mass is 10.1. The number of methoxy groups -OCH3 is 1. The van der Waals surface area contributed by atoms with E-state index in [-0.39, 0.29) is 5.75 Å². The van der Waals surface area contributed by atoms with Crippen LogP contribution >= 0.6 is 0 Å². The Kier molecular flexibility index (Phi) is 5.02. The maximum Gasteiger partial charge on any atom is 0.336 e. The van der Waals surface area contributed by atoms with Gasteiger partial charge in [-0.05, 0) is 43.7 Å². The lowest BCUT2D eigenvalue weighted by Gasteiger charge is -2.13. The summed E-state index contributed by atoms with van der Waals surface area (Å²) in [6.07, 6.45) is 0. The van der Waals surface area contributed by atoms with Gasteiger partial charge in [0, 0.05) is 35.3 Å². The van der Waals surface area contributed by atoms with E-state index in [1.54, 1.807) is 26.2 Å². The van der Waals surface area contributed by atoms with Crippen molar-refractivity contribution >= 4 is 16.7 Å². The van der Waals surface area contributed by atoms with Gasteiger partial charge in [0.2, 0.25) is 0 Å². The Hall–Kier alpha value is -3.15. The lowest BCUT2D eigenvalue weighted by molar-refractivity contribution is 0.311. The minimum atomic E-state index is -0.452. The molecule has 0 atom stereocenters. The molecule has 3 rings (SSSR count). The van der Waals surface area contributed by atoms with Crippen molar-refractivity contribution < 1.29 is 19.0 Å². The van der Waals surface area contributed by atoms with Crippen LogP contribution in [0.4, 0.5) is 5.69 Å². The summed E-state index contributed by atoms with van der Waals surface area (Å²) in [4.78, 5) is 11.9. The predicted molar refractivity (Wildman–Crippen MR) is 100 cm³/mol. The summed E-state index contributed by atoms with van der Waals surface area (Å²) in [5.41, 5.74) is 2.12. The molecule has 2 aromatic carbocycles. The monoisotopic (exact) mass is 355 g/mol. The summed E-state index contributed by atoms with van der Waals surface area (Å²) in [5.74, 6) is 1.41. The first-order valence-electron chi connectivity index (χ1n) is 8.33. The molecule has 0 saturated carbocycles. The topological polar surface area (TPSA) is 80.9 Å². The summed E-state index contributed by atoms with van der Waals surface area (Å²) in [6, 6.07) is 10.4. The van der Waals surface area contributed by atoms with Crippen molar-refractivity contribution in [3.05, 3.63) is 57.9 Å². The van der Waals surface area contributed by atoms with E-state index in [4.69, 9.17) is 13.9 Å². The number of hydrogen-bond acceptors (Lipinski definition) is 6. The first-order valence-corrected chi connectivity index (χ1v) is 8.33. The highest BCUT2D eigenvalue weighted by molar-refractivity contribution is 5.85. The summed E-state index contributed by atoms with van der Waals surface area (Å²) in [5, 5.41) is 13.9. The Morgan fingerprint density at radius 2 is 1.96 bits per heavy atom. The second-order valence-electron chi connectivity index (χ2n) is 5.83. The van der Waals surface area contributed by atoms with Crippen LogP contribution in [0.3, 0.4) is 0 Å². The molecular formula is C20H21NO5. The van der Waals surface area contributed by atoms with Gasteiger partial charge in [0.25, 0.3) is 0 Å². The number of benzene rings is 2. The minimum absolute atomic E-state index is 0.0991. The fraction of sp³-hybridized carbons (Fsp3) is 0.250. The molecule has 2 N–H and O–H groups in total. The zero-order valence-electron chi connectivity index (χ0n) is 15.0. The molecule has 0 amide bonds. The average molecular weight is 355 g/mol. The Balaban J connectivity index is 1.91. The molecule has 0 bridgehead atoms. The van der Waals surface area contributed by atoms with Crippen LogP contribution in [-0.4, -0.2) is 18.8 Å². The molecule has 0 radical (unpaired) electrons. The van der Waals surface area contributed by atoms with E-state index in [9.17, 15) is 9.90 Å². The minimum Gasteiger partial charge on any atom is -0.508 e. The molecule has 1 aromatic heterocycles. The molecule has 1 heterocycles. The van der Waals surface area contributed by atoms with Crippen LogP contribution in [0.1, 0.15) is 18.1 Å².